The zero-order chi connectivity index (χ0) is 29.8. The van der Waals surface area contributed by atoms with Crippen LogP contribution in [0.1, 0.15) is 51.8 Å². The number of benzene rings is 3. The summed E-state index contributed by atoms with van der Waals surface area (Å²) in [6, 6.07) is 23.1. The van der Waals surface area contributed by atoms with E-state index in [-0.39, 0.29) is 5.56 Å². The first-order valence-electron chi connectivity index (χ1n) is 13.2. The molecule has 0 spiro atoms. The van der Waals surface area contributed by atoms with Crippen LogP contribution in [0.4, 0.5) is 11.5 Å². The highest BCUT2D eigenvalue weighted by atomic mass is 16.5. The number of para-hydroxylation sites is 1. The van der Waals surface area contributed by atoms with Gasteiger partial charge in [0.25, 0.3) is 11.5 Å². The fourth-order valence-corrected chi connectivity index (χ4v) is 4.77. The van der Waals surface area contributed by atoms with Crippen molar-refractivity contribution in [2.24, 2.45) is 0 Å². The monoisotopic (exact) mass is 560 g/mol. The predicted octanol–water partition coefficient (Wildman–Crippen LogP) is 4.57. The van der Waals surface area contributed by atoms with Crippen LogP contribution in [-0.4, -0.2) is 30.6 Å². The summed E-state index contributed by atoms with van der Waals surface area (Å²) in [5, 5.41) is 25.6. The summed E-state index contributed by atoms with van der Waals surface area (Å²) in [5.74, 6) is 0.757. The predicted molar refractivity (Wildman–Crippen MR) is 159 cm³/mol. The Balaban J connectivity index is 1.57. The molecule has 1 atom stereocenters. The molecule has 2 heterocycles. The van der Waals surface area contributed by atoms with E-state index in [2.05, 4.69) is 26.7 Å². The highest BCUT2D eigenvalue weighted by molar-refractivity contribution is 5.93. The van der Waals surface area contributed by atoms with Gasteiger partial charge in [-0.15, -0.1) is 0 Å². The minimum atomic E-state index is -0.593. The lowest BCUT2D eigenvalue weighted by molar-refractivity contribution is 0.0706. The van der Waals surface area contributed by atoms with E-state index in [1.165, 1.54) is 0 Å². The molecule has 0 radical (unpaired) electrons. The first kappa shape index (κ1) is 27.9. The maximum atomic E-state index is 14.2. The minimum absolute atomic E-state index is 0.261. The van der Waals surface area contributed by atoms with Gasteiger partial charge < -0.3 is 10.6 Å². The molecule has 210 valence electrons. The lowest BCUT2D eigenvalue weighted by atomic mass is 10.1. The van der Waals surface area contributed by atoms with Crippen molar-refractivity contribution in [3.05, 3.63) is 117 Å². The summed E-state index contributed by atoms with van der Waals surface area (Å²) in [5.41, 5.74) is 5.20. The average Bonchev–Trinajstić information content (AvgIpc) is 3.00. The van der Waals surface area contributed by atoms with Crippen molar-refractivity contribution in [1.29, 1.82) is 5.26 Å². The number of nitriles is 1. The third kappa shape index (κ3) is 5.52. The van der Waals surface area contributed by atoms with Crippen LogP contribution in [-0.2, 0) is 6.54 Å². The number of carbonyl (C=O) groups is 1. The Morgan fingerprint density at radius 2 is 1.74 bits per heavy atom. The second-order valence-electron chi connectivity index (χ2n) is 9.69. The minimum Gasteiger partial charge on any atom is -0.380 e. The molecule has 0 saturated heterocycles. The SMILES string of the molecule is Cc1nc(C)c(C#N)c(N[C@@H](C)c2nc3cccc(NCc4ccc(C(=O)NO)cc4)c3c(=O)n2-c2ccccc2)n1. The van der Waals surface area contributed by atoms with E-state index >= 15 is 0 Å². The van der Waals surface area contributed by atoms with Crippen LogP contribution in [0.3, 0.4) is 0 Å². The van der Waals surface area contributed by atoms with E-state index in [1.54, 1.807) is 54.2 Å². The van der Waals surface area contributed by atoms with Crippen molar-refractivity contribution in [3.8, 4) is 11.8 Å². The molecule has 0 aliphatic rings. The smallest absolute Gasteiger partial charge is 0.274 e. The Labute approximate surface area is 241 Å². The number of aromatic nitrogens is 4. The van der Waals surface area contributed by atoms with Crippen molar-refractivity contribution in [2.45, 2.75) is 33.4 Å². The van der Waals surface area contributed by atoms with Crippen molar-refractivity contribution in [1.82, 2.24) is 25.0 Å². The normalized spacial score (nSPS) is 11.5. The second kappa shape index (κ2) is 11.9. The maximum absolute atomic E-state index is 14.2. The second-order valence-corrected chi connectivity index (χ2v) is 9.69. The van der Waals surface area contributed by atoms with Gasteiger partial charge in [0.15, 0.2) is 0 Å². The van der Waals surface area contributed by atoms with Crippen LogP contribution in [0, 0.1) is 25.2 Å². The van der Waals surface area contributed by atoms with Crippen LogP contribution in [0.2, 0.25) is 0 Å². The quantitative estimate of drug-likeness (QED) is 0.158. The van der Waals surface area contributed by atoms with E-state index in [1.807, 2.05) is 49.4 Å². The topological polar surface area (TPSA) is 158 Å². The number of nitrogens with zero attached hydrogens (tertiary/aromatic N) is 5. The molecule has 11 nitrogen and oxygen atoms in total. The molecule has 0 aliphatic carbocycles. The van der Waals surface area contributed by atoms with Gasteiger partial charge in [-0.05, 0) is 62.7 Å². The molecule has 0 bridgehead atoms. The van der Waals surface area contributed by atoms with Crippen molar-refractivity contribution in [2.75, 3.05) is 10.6 Å². The van der Waals surface area contributed by atoms with Crippen molar-refractivity contribution in [3.63, 3.8) is 0 Å². The Kier molecular flexibility index (Phi) is 7.90. The number of amides is 1. The number of fused-ring (bicyclic) bond motifs is 1. The molecule has 0 aliphatic heterocycles. The summed E-state index contributed by atoms with van der Waals surface area (Å²) < 4.78 is 1.57. The van der Waals surface area contributed by atoms with Crippen LogP contribution in [0.5, 0.6) is 0 Å². The van der Waals surface area contributed by atoms with Gasteiger partial charge in [-0.25, -0.2) is 20.4 Å². The number of rotatable bonds is 8. The Hall–Kier alpha value is -5.60. The third-order valence-electron chi connectivity index (χ3n) is 6.79. The van der Waals surface area contributed by atoms with Gasteiger partial charge in [0.05, 0.1) is 28.3 Å². The Bertz CT molecular complexity index is 1880. The number of hydrogen-bond acceptors (Lipinski definition) is 9. The summed E-state index contributed by atoms with van der Waals surface area (Å²) in [4.78, 5) is 39.5. The lowest BCUT2D eigenvalue weighted by Crippen LogP contribution is -2.28. The molecular formula is C31H28N8O3. The van der Waals surface area contributed by atoms with Gasteiger partial charge in [-0.1, -0.05) is 36.4 Å². The first-order chi connectivity index (χ1) is 20.3. The molecular weight excluding hydrogens is 532 g/mol. The molecule has 4 N–H and O–H groups in total. The molecule has 42 heavy (non-hydrogen) atoms. The van der Waals surface area contributed by atoms with Gasteiger partial charge >= 0.3 is 0 Å². The van der Waals surface area contributed by atoms with Crippen molar-refractivity contribution >= 4 is 28.3 Å². The first-order valence-corrected chi connectivity index (χ1v) is 13.2. The zero-order valence-electron chi connectivity index (χ0n) is 23.2. The summed E-state index contributed by atoms with van der Waals surface area (Å²) >= 11 is 0. The average molecular weight is 561 g/mol. The van der Waals surface area contributed by atoms with E-state index in [4.69, 9.17) is 10.2 Å². The van der Waals surface area contributed by atoms with Gasteiger partial charge in [0.1, 0.15) is 29.1 Å². The standard InChI is InChI=1S/C31H28N8O3/c1-18-24(16-32)28(36-20(3)34-18)35-19(2)29-37-26-11-7-10-25(27(26)31(41)39(29)23-8-5-4-6-9-23)33-17-21-12-14-22(15-13-21)30(40)38-42/h4-15,19,33,42H,17H2,1-3H3,(H,38,40)(H,34,35,36)/t19-/m0/s1. The largest absolute Gasteiger partial charge is 0.380 e. The molecule has 5 rings (SSSR count). The van der Waals surface area contributed by atoms with Crippen molar-refractivity contribution < 1.29 is 10.0 Å². The van der Waals surface area contributed by atoms with Gasteiger partial charge in [0.2, 0.25) is 0 Å². The summed E-state index contributed by atoms with van der Waals surface area (Å²) in [6.07, 6.45) is 0. The van der Waals surface area contributed by atoms with E-state index in [9.17, 15) is 14.9 Å². The van der Waals surface area contributed by atoms with E-state index < -0.39 is 11.9 Å². The molecule has 3 aromatic carbocycles. The number of aryl methyl sites for hydroxylation is 2. The van der Waals surface area contributed by atoms with Crippen LogP contribution in [0.25, 0.3) is 16.6 Å². The number of hydroxylamine groups is 1. The molecule has 2 aromatic heterocycles. The lowest BCUT2D eigenvalue weighted by Gasteiger charge is -2.21. The van der Waals surface area contributed by atoms with E-state index in [0.717, 1.165) is 5.56 Å². The highest BCUT2D eigenvalue weighted by Crippen LogP contribution is 2.26. The molecule has 5 aromatic rings. The number of anilines is 2. The molecule has 0 fully saturated rings. The van der Waals surface area contributed by atoms with E-state index in [0.29, 0.717) is 63.1 Å². The zero-order valence-corrected chi connectivity index (χ0v) is 23.2. The number of nitrogens with one attached hydrogen (secondary N) is 3. The van der Waals surface area contributed by atoms with Crippen LogP contribution < -0.4 is 21.7 Å². The Morgan fingerprint density at radius 1 is 1.00 bits per heavy atom. The number of carbonyl (C=O) groups excluding carboxylic acids is 1. The fraction of sp³-hybridized carbons (Fsp3) is 0.161. The Morgan fingerprint density at radius 3 is 2.43 bits per heavy atom. The molecule has 11 heteroatoms. The molecule has 1 amide bonds. The number of hydrogen-bond donors (Lipinski definition) is 4. The highest BCUT2D eigenvalue weighted by Gasteiger charge is 2.22. The summed E-state index contributed by atoms with van der Waals surface area (Å²) in [6.45, 7) is 5.76. The van der Waals surface area contributed by atoms with Gasteiger partial charge in [0, 0.05) is 17.8 Å². The summed E-state index contributed by atoms with van der Waals surface area (Å²) in [7, 11) is 0. The van der Waals surface area contributed by atoms with Crippen LogP contribution >= 0.6 is 0 Å². The fourth-order valence-electron chi connectivity index (χ4n) is 4.77. The molecule has 0 unspecified atom stereocenters. The maximum Gasteiger partial charge on any atom is 0.274 e. The van der Waals surface area contributed by atoms with Gasteiger partial charge in [-0.3, -0.25) is 19.4 Å². The molecule has 0 saturated carbocycles. The van der Waals surface area contributed by atoms with Gasteiger partial charge in [-0.2, -0.15) is 5.26 Å². The third-order valence-corrected chi connectivity index (χ3v) is 6.79. The van der Waals surface area contributed by atoms with Crippen LogP contribution in [0.15, 0.2) is 77.6 Å².